The highest BCUT2D eigenvalue weighted by molar-refractivity contribution is 9.11. The second-order valence-corrected chi connectivity index (χ2v) is 6.24. The SMILES string of the molecule is O=C(OCC=CCBr)c1c(Br)cc(Br)cc1Br. The quantitative estimate of drug-likeness (QED) is 0.333. The maximum absolute atomic E-state index is 11.8. The van der Waals surface area contributed by atoms with Crippen LogP contribution in [0, 0.1) is 0 Å². The summed E-state index contributed by atoms with van der Waals surface area (Å²) in [6.07, 6.45) is 3.66. The predicted octanol–water partition coefficient (Wildman–Crippen LogP) is 5.08. The van der Waals surface area contributed by atoms with Crippen molar-refractivity contribution in [2.75, 3.05) is 11.9 Å². The van der Waals surface area contributed by atoms with Gasteiger partial charge in [-0.15, -0.1) is 0 Å². The lowest BCUT2D eigenvalue weighted by atomic mass is 10.2. The zero-order valence-corrected chi connectivity index (χ0v) is 14.9. The molecule has 0 radical (unpaired) electrons. The van der Waals surface area contributed by atoms with Gasteiger partial charge in [0.25, 0.3) is 0 Å². The molecular formula is C11H8Br4O2. The van der Waals surface area contributed by atoms with Crippen LogP contribution in [0.15, 0.2) is 37.7 Å². The van der Waals surface area contributed by atoms with Gasteiger partial charge in [-0.1, -0.05) is 44.0 Å². The van der Waals surface area contributed by atoms with E-state index in [1.54, 1.807) is 18.2 Å². The minimum atomic E-state index is -0.365. The second kappa shape index (κ2) is 7.71. The topological polar surface area (TPSA) is 26.3 Å². The molecule has 6 heteroatoms. The van der Waals surface area contributed by atoms with Crippen LogP contribution < -0.4 is 0 Å². The third kappa shape index (κ3) is 4.85. The normalized spacial score (nSPS) is 10.8. The van der Waals surface area contributed by atoms with Crippen molar-refractivity contribution in [2.24, 2.45) is 0 Å². The second-order valence-electron chi connectivity index (χ2n) is 2.97. The Hall–Kier alpha value is 0.350. The Morgan fingerprint density at radius 3 is 2.29 bits per heavy atom. The van der Waals surface area contributed by atoms with Crippen molar-refractivity contribution in [1.82, 2.24) is 0 Å². The maximum atomic E-state index is 11.8. The summed E-state index contributed by atoms with van der Waals surface area (Å²) in [5.74, 6) is -0.365. The average molecular weight is 492 g/mol. The van der Waals surface area contributed by atoms with Gasteiger partial charge in [0.1, 0.15) is 6.61 Å². The highest BCUT2D eigenvalue weighted by Crippen LogP contribution is 2.30. The van der Waals surface area contributed by atoms with Gasteiger partial charge in [0.15, 0.2) is 0 Å². The van der Waals surface area contributed by atoms with Crippen molar-refractivity contribution < 1.29 is 9.53 Å². The first-order valence-corrected chi connectivity index (χ1v) is 8.09. The first-order chi connectivity index (χ1) is 8.06. The molecule has 0 aliphatic carbocycles. The van der Waals surface area contributed by atoms with E-state index in [1.165, 1.54) is 0 Å². The largest absolute Gasteiger partial charge is 0.458 e. The number of halogens is 4. The van der Waals surface area contributed by atoms with E-state index in [-0.39, 0.29) is 12.6 Å². The Morgan fingerprint density at radius 2 is 1.76 bits per heavy atom. The van der Waals surface area contributed by atoms with Crippen molar-refractivity contribution >= 4 is 69.7 Å². The number of rotatable bonds is 4. The molecule has 0 atom stereocenters. The van der Waals surface area contributed by atoms with Crippen molar-refractivity contribution in [3.8, 4) is 0 Å². The molecule has 1 aromatic rings. The smallest absolute Gasteiger partial charge is 0.340 e. The zero-order chi connectivity index (χ0) is 12.8. The summed E-state index contributed by atoms with van der Waals surface area (Å²) >= 11 is 13.3. The molecule has 0 saturated heterocycles. The first-order valence-electron chi connectivity index (χ1n) is 4.59. The van der Waals surface area contributed by atoms with E-state index < -0.39 is 0 Å². The van der Waals surface area contributed by atoms with Gasteiger partial charge in [-0.3, -0.25) is 0 Å². The van der Waals surface area contributed by atoms with Gasteiger partial charge in [-0.25, -0.2) is 4.79 Å². The monoisotopic (exact) mass is 488 g/mol. The first kappa shape index (κ1) is 15.4. The molecule has 0 aliphatic rings. The fourth-order valence-corrected chi connectivity index (χ4v) is 3.91. The Balaban J connectivity index is 2.79. The number of alkyl halides is 1. The summed E-state index contributed by atoms with van der Waals surface area (Å²) in [5, 5.41) is 0.746. The molecular weight excluding hydrogens is 484 g/mol. The molecule has 0 unspecified atom stereocenters. The molecule has 1 rings (SSSR count). The summed E-state index contributed by atoms with van der Waals surface area (Å²) in [5.41, 5.74) is 0.487. The molecule has 1 aromatic carbocycles. The van der Waals surface area contributed by atoms with E-state index in [0.29, 0.717) is 14.5 Å². The van der Waals surface area contributed by atoms with Crippen LogP contribution in [0.1, 0.15) is 10.4 Å². The van der Waals surface area contributed by atoms with E-state index in [9.17, 15) is 4.79 Å². The minimum Gasteiger partial charge on any atom is -0.458 e. The summed E-state index contributed by atoms with van der Waals surface area (Å²) in [6, 6.07) is 3.60. The Labute approximate surface area is 133 Å². The van der Waals surface area contributed by atoms with Gasteiger partial charge < -0.3 is 4.74 Å². The van der Waals surface area contributed by atoms with E-state index >= 15 is 0 Å². The van der Waals surface area contributed by atoms with E-state index in [1.807, 2.05) is 6.08 Å². The van der Waals surface area contributed by atoms with Crippen LogP contribution >= 0.6 is 63.7 Å². The number of ether oxygens (including phenoxy) is 1. The molecule has 92 valence electrons. The summed E-state index contributed by atoms with van der Waals surface area (Å²) < 4.78 is 7.37. The molecule has 0 spiro atoms. The standard InChI is InChI=1S/C11H8Br4O2/c12-3-1-2-4-17-11(16)10-8(14)5-7(13)6-9(10)15/h1-2,5-6H,3-4H2. The molecule has 17 heavy (non-hydrogen) atoms. The third-order valence-corrected chi connectivity index (χ3v) is 3.86. The molecule has 0 aliphatic heterocycles. The van der Waals surface area contributed by atoms with Crippen LogP contribution in [0.3, 0.4) is 0 Å². The van der Waals surface area contributed by atoms with E-state index in [4.69, 9.17) is 4.74 Å². The van der Waals surface area contributed by atoms with Crippen molar-refractivity contribution in [1.29, 1.82) is 0 Å². The lowest BCUT2D eigenvalue weighted by molar-refractivity contribution is 0.0547. The maximum Gasteiger partial charge on any atom is 0.340 e. The van der Waals surface area contributed by atoms with Crippen LogP contribution in [0.4, 0.5) is 0 Å². The minimum absolute atomic E-state index is 0.263. The van der Waals surface area contributed by atoms with Gasteiger partial charge in [0, 0.05) is 18.7 Å². The van der Waals surface area contributed by atoms with Crippen molar-refractivity contribution in [3.63, 3.8) is 0 Å². The van der Waals surface area contributed by atoms with Gasteiger partial charge in [-0.2, -0.15) is 0 Å². The third-order valence-electron chi connectivity index (χ3n) is 1.78. The van der Waals surface area contributed by atoms with Gasteiger partial charge in [0.2, 0.25) is 0 Å². The lowest BCUT2D eigenvalue weighted by Gasteiger charge is -2.07. The summed E-state index contributed by atoms with van der Waals surface area (Å²) in [6.45, 7) is 0.263. The van der Waals surface area contributed by atoms with Crippen LogP contribution in [0.5, 0.6) is 0 Å². The Bertz CT molecular complexity index is 420. The molecule has 0 amide bonds. The number of benzene rings is 1. The molecule has 0 N–H and O–H groups in total. The summed E-state index contributed by atoms with van der Waals surface area (Å²) in [7, 11) is 0. The molecule has 0 aromatic heterocycles. The van der Waals surface area contributed by atoms with Crippen molar-refractivity contribution in [2.45, 2.75) is 0 Å². The fourth-order valence-electron chi connectivity index (χ4n) is 1.06. The number of esters is 1. The van der Waals surface area contributed by atoms with Crippen LogP contribution in [-0.4, -0.2) is 17.9 Å². The highest BCUT2D eigenvalue weighted by atomic mass is 79.9. The molecule has 0 saturated carbocycles. The average Bonchev–Trinajstić information content (AvgIpc) is 2.23. The lowest BCUT2D eigenvalue weighted by Crippen LogP contribution is -2.07. The van der Waals surface area contributed by atoms with Crippen LogP contribution in [-0.2, 0) is 4.74 Å². The van der Waals surface area contributed by atoms with E-state index in [0.717, 1.165) is 9.80 Å². The van der Waals surface area contributed by atoms with E-state index in [2.05, 4.69) is 63.7 Å². The van der Waals surface area contributed by atoms with Crippen molar-refractivity contribution in [3.05, 3.63) is 43.3 Å². The number of hydrogen-bond acceptors (Lipinski definition) is 2. The number of carbonyl (C=O) groups is 1. The van der Waals surface area contributed by atoms with Gasteiger partial charge in [0.05, 0.1) is 5.56 Å². The Kier molecular flexibility index (Phi) is 6.99. The zero-order valence-electron chi connectivity index (χ0n) is 8.55. The van der Waals surface area contributed by atoms with Gasteiger partial charge in [-0.05, 0) is 44.0 Å². The summed E-state index contributed by atoms with van der Waals surface area (Å²) in [4.78, 5) is 11.8. The molecule has 2 nitrogen and oxygen atoms in total. The predicted molar refractivity (Wildman–Crippen MR) is 82.8 cm³/mol. The molecule has 0 bridgehead atoms. The highest BCUT2D eigenvalue weighted by Gasteiger charge is 2.15. The molecule has 0 fully saturated rings. The van der Waals surface area contributed by atoms with Crippen LogP contribution in [0.2, 0.25) is 0 Å². The number of allylic oxidation sites excluding steroid dienone is 1. The Morgan fingerprint density at radius 1 is 1.18 bits per heavy atom. The fraction of sp³-hybridized carbons (Fsp3) is 0.182. The number of carbonyl (C=O) groups excluding carboxylic acids is 1. The van der Waals surface area contributed by atoms with Gasteiger partial charge >= 0.3 is 5.97 Å². The number of hydrogen-bond donors (Lipinski definition) is 0. The molecule has 0 heterocycles. The van der Waals surface area contributed by atoms with Crippen LogP contribution in [0.25, 0.3) is 0 Å².